The maximum atomic E-state index is 12.9. The second kappa shape index (κ2) is 8.07. The molecular formula is C23H25N3O3. The molecule has 3 aromatic rings. The van der Waals surface area contributed by atoms with Crippen LogP contribution in [-0.4, -0.2) is 44.5 Å². The third-order valence-electron chi connectivity index (χ3n) is 5.96. The van der Waals surface area contributed by atoms with E-state index in [9.17, 15) is 14.7 Å². The Bertz CT molecular complexity index is 1030. The number of aryl methyl sites for hydroxylation is 1. The van der Waals surface area contributed by atoms with E-state index in [2.05, 4.69) is 4.57 Å². The van der Waals surface area contributed by atoms with Crippen LogP contribution in [0.4, 0.5) is 0 Å². The highest BCUT2D eigenvalue weighted by molar-refractivity contribution is 5.94. The van der Waals surface area contributed by atoms with Crippen LogP contribution in [0.25, 0.3) is 11.0 Å². The fourth-order valence-corrected chi connectivity index (χ4v) is 4.37. The van der Waals surface area contributed by atoms with Crippen molar-refractivity contribution >= 4 is 22.9 Å². The quantitative estimate of drug-likeness (QED) is 0.724. The van der Waals surface area contributed by atoms with Crippen molar-refractivity contribution in [2.24, 2.45) is 18.9 Å². The van der Waals surface area contributed by atoms with Gasteiger partial charge in [0.2, 0.25) is 0 Å². The van der Waals surface area contributed by atoms with E-state index in [1.165, 1.54) is 0 Å². The third kappa shape index (κ3) is 4.01. The summed E-state index contributed by atoms with van der Waals surface area (Å²) >= 11 is 0. The van der Waals surface area contributed by atoms with E-state index in [1.807, 2.05) is 66.5 Å². The van der Waals surface area contributed by atoms with Gasteiger partial charge in [0.05, 0.1) is 11.0 Å². The largest absolute Gasteiger partial charge is 0.481 e. The first kappa shape index (κ1) is 19.2. The number of hydrogen-bond donors (Lipinski definition) is 1. The van der Waals surface area contributed by atoms with Crippen LogP contribution in [0.3, 0.4) is 0 Å². The zero-order chi connectivity index (χ0) is 20.4. The summed E-state index contributed by atoms with van der Waals surface area (Å²) in [7, 11) is 1.99. The van der Waals surface area contributed by atoms with E-state index < -0.39 is 5.97 Å². The number of amides is 1. The lowest BCUT2D eigenvalue weighted by atomic mass is 9.80. The molecule has 1 saturated heterocycles. The maximum absolute atomic E-state index is 12.9. The number of hydrogen-bond acceptors (Lipinski definition) is 3. The Morgan fingerprint density at radius 2 is 1.79 bits per heavy atom. The summed E-state index contributed by atoms with van der Waals surface area (Å²) in [6.07, 6.45) is 1.48. The lowest BCUT2D eigenvalue weighted by molar-refractivity contribution is -0.139. The first-order valence-corrected chi connectivity index (χ1v) is 9.99. The molecule has 2 atom stereocenters. The third-order valence-corrected chi connectivity index (χ3v) is 5.96. The van der Waals surface area contributed by atoms with Crippen molar-refractivity contribution in [1.82, 2.24) is 14.5 Å². The van der Waals surface area contributed by atoms with E-state index in [0.29, 0.717) is 31.5 Å². The summed E-state index contributed by atoms with van der Waals surface area (Å²) in [5, 5.41) is 9.37. The molecule has 2 aromatic carbocycles. The smallest absolute Gasteiger partial charge is 0.303 e. The summed E-state index contributed by atoms with van der Waals surface area (Å²) in [6.45, 7) is 1.14. The van der Waals surface area contributed by atoms with Gasteiger partial charge in [-0.25, -0.2) is 4.98 Å². The lowest BCUT2D eigenvalue weighted by Crippen LogP contribution is -2.45. The number of rotatable bonds is 5. The monoisotopic (exact) mass is 391 g/mol. The molecular weight excluding hydrogens is 366 g/mol. The second-order valence-electron chi connectivity index (χ2n) is 7.80. The number of aromatic nitrogens is 2. The summed E-state index contributed by atoms with van der Waals surface area (Å²) in [5.41, 5.74) is 2.67. The van der Waals surface area contributed by atoms with Gasteiger partial charge in [0.15, 0.2) is 0 Å². The predicted octanol–water partition coefficient (Wildman–Crippen LogP) is 3.37. The standard InChI is InChI=1S/C23H25N3O3/c1-25-20-10-6-5-9-19(20)24-21(25)13-18-15-26(12-11-17(18)14-22(27)28)23(29)16-7-3-2-4-8-16/h2-10,17-18H,11-15H2,1H3,(H,27,28)/t17-,18-/m0/s1. The number of likely N-dealkylation sites (tertiary alicyclic amines) is 1. The number of carbonyl (C=O) groups excluding carboxylic acids is 1. The number of piperidine rings is 1. The van der Waals surface area contributed by atoms with Gasteiger partial charge in [0.25, 0.3) is 5.91 Å². The zero-order valence-electron chi connectivity index (χ0n) is 16.5. The zero-order valence-corrected chi connectivity index (χ0v) is 16.5. The van der Waals surface area contributed by atoms with E-state index >= 15 is 0 Å². The molecule has 29 heavy (non-hydrogen) atoms. The number of imidazole rings is 1. The van der Waals surface area contributed by atoms with Gasteiger partial charge in [-0.2, -0.15) is 0 Å². The lowest BCUT2D eigenvalue weighted by Gasteiger charge is -2.38. The first-order valence-electron chi connectivity index (χ1n) is 9.99. The highest BCUT2D eigenvalue weighted by Gasteiger charge is 2.34. The molecule has 0 spiro atoms. The van der Waals surface area contributed by atoms with Crippen molar-refractivity contribution < 1.29 is 14.7 Å². The van der Waals surface area contributed by atoms with E-state index in [0.717, 1.165) is 16.9 Å². The molecule has 0 radical (unpaired) electrons. The number of aliphatic carboxylic acids is 1. The highest BCUT2D eigenvalue weighted by Crippen LogP contribution is 2.31. The molecule has 1 aromatic heterocycles. The number of carbonyl (C=O) groups is 2. The van der Waals surface area contributed by atoms with Crippen molar-refractivity contribution in [3.05, 3.63) is 66.0 Å². The van der Waals surface area contributed by atoms with Gasteiger partial charge < -0.3 is 14.6 Å². The number of benzene rings is 2. The van der Waals surface area contributed by atoms with Crippen LogP contribution >= 0.6 is 0 Å². The van der Waals surface area contributed by atoms with Gasteiger partial charge in [0, 0.05) is 38.5 Å². The van der Waals surface area contributed by atoms with Crippen LogP contribution < -0.4 is 0 Å². The molecule has 0 unspecified atom stereocenters. The number of fused-ring (bicyclic) bond motifs is 1. The maximum Gasteiger partial charge on any atom is 0.303 e. The Morgan fingerprint density at radius 1 is 1.07 bits per heavy atom. The molecule has 6 nitrogen and oxygen atoms in total. The topological polar surface area (TPSA) is 75.4 Å². The van der Waals surface area contributed by atoms with Gasteiger partial charge in [0.1, 0.15) is 5.82 Å². The van der Waals surface area contributed by atoms with Crippen molar-refractivity contribution in [2.75, 3.05) is 13.1 Å². The van der Waals surface area contributed by atoms with Gasteiger partial charge >= 0.3 is 5.97 Å². The molecule has 1 amide bonds. The highest BCUT2D eigenvalue weighted by atomic mass is 16.4. The molecule has 0 aliphatic carbocycles. The number of carboxylic acid groups (broad SMARTS) is 1. The Balaban J connectivity index is 1.58. The number of carboxylic acids is 1. The summed E-state index contributed by atoms with van der Waals surface area (Å²) in [5.74, 6) is 0.248. The van der Waals surface area contributed by atoms with Gasteiger partial charge in [-0.05, 0) is 42.5 Å². The van der Waals surface area contributed by atoms with E-state index in [4.69, 9.17) is 4.98 Å². The predicted molar refractivity (Wildman–Crippen MR) is 111 cm³/mol. The minimum Gasteiger partial charge on any atom is -0.481 e. The van der Waals surface area contributed by atoms with Crippen LogP contribution in [0.15, 0.2) is 54.6 Å². The fraction of sp³-hybridized carbons (Fsp3) is 0.348. The molecule has 150 valence electrons. The van der Waals surface area contributed by atoms with Crippen molar-refractivity contribution in [3.8, 4) is 0 Å². The van der Waals surface area contributed by atoms with E-state index in [1.54, 1.807) is 0 Å². The molecule has 1 aliphatic rings. The number of nitrogens with zero attached hydrogens (tertiary/aromatic N) is 3. The van der Waals surface area contributed by atoms with Gasteiger partial charge in [-0.3, -0.25) is 9.59 Å². The minimum absolute atomic E-state index is 0.00868. The molecule has 6 heteroatoms. The van der Waals surface area contributed by atoms with Crippen molar-refractivity contribution in [1.29, 1.82) is 0 Å². The average Bonchev–Trinajstić information content (AvgIpc) is 3.05. The van der Waals surface area contributed by atoms with Crippen molar-refractivity contribution in [2.45, 2.75) is 19.3 Å². The Kier molecular flexibility index (Phi) is 5.34. The molecule has 0 saturated carbocycles. The van der Waals surface area contributed by atoms with Crippen LogP contribution in [0.2, 0.25) is 0 Å². The Morgan fingerprint density at radius 3 is 2.52 bits per heavy atom. The van der Waals surface area contributed by atoms with Crippen LogP contribution in [0.1, 0.15) is 29.0 Å². The Hall–Kier alpha value is -3.15. The second-order valence-corrected chi connectivity index (χ2v) is 7.80. The summed E-state index contributed by atoms with van der Waals surface area (Å²) < 4.78 is 2.07. The number of para-hydroxylation sites is 2. The van der Waals surface area contributed by atoms with Gasteiger partial charge in [-0.1, -0.05) is 30.3 Å². The molecule has 1 N–H and O–H groups in total. The molecule has 4 rings (SSSR count). The van der Waals surface area contributed by atoms with Crippen LogP contribution in [0.5, 0.6) is 0 Å². The van der Waals surface area contributed by atoms with Gasteiger partial charge in [-0.15, -0.1) is 0 Å². The normalized spacial score (nSPS) is 19.4. The molecule has 0 bridgehead atoms. The average molecular weight is 391 g/mol. The van der Waals surface area contributed by atoms with Crippen molar-refractivity contribution in [3.63, 3.8) is 0 Å². The molecule has 1 aliphatic heterocycles. The SMILES string of the molecule is Cn1c(C[C@H]2CN(C(=O)c3ccccc3)CC[C@H]2CC(=O)O)nc2ccccc21. The fourth-order valence-electron chi connectivity index (χ4n) is 4.37. The summed E-state index contributed by atoms with van der Waals surface area (Å²) in [4.78, 5) is 31.0. The molecule has 1 fully saturated rings. The minimum atomic E-state index is -0.784. The Labute approximate surface area is 169 Å². The summed E-state index contributed by atoms with van der Waals surface area (Å²) in [6, 6.07) is 17.2. The van der Waals surface area contributed by atoms with Crippen LogP contribution in [0, 0.1) is 11.8 Å². The van der Waals surface area contributed by atoms with Crippen LogP contribution in [-0.2, 0) is 18.3 Å². The first-order chi connectivity index (χ1) is 14.0. The molecule has 2 heterocycles. The van der Waals surface area contributed by atoms with E-state index in [-0.39, 0.29) is 24.2 Å².